The molecule has 1 rings (SSSR count). The number of methoxy groups -OCH3 is 1. The molecule has 21 heavy (non-hydrogen) atoms. The van der Waals surface area contributed by atoms with Gasteiger partial charge in [0.25, 0.3) is 0 Å². The van der Waals surface area contributed by atoms with Crippen molar-refractivity contribution < 1.29 is 24.1 Å². The monoisotopic (exact) mass is 296 g/mol. The van der Waals surface area contributed by atoms with Gasteiger partial charge in [-0.1, -0.05) is 24.3 Å². The number of carboxylic acid groups (broad SMARTS) is 1. The van der Waals surface area contributed by atoms with Gasteiger partial charge in [-0.05, 0) is 24.5 Å². The van der Waals surface area contributed by atoms with E-state index in [2.05, 4.69) is 0 Å². The number of carbonyl (C=O) groups is 1. The summed E-state index contributed by atoms with van der Waals surface area (Å²) in [7, 11) is 1.62. The number of ether oxygens (including phenoxy) is 3. The second kappa shape index (κ2) is 10.3. The van der Waals surface area contributed by atoms with Crippen LogP contribution in [0.5, 0.6) is 0 Å². The van der Waals surface area contributed by atoms with Crippen LogP contribution in [-0.2, 0) is 19.0 Å². The second-order valence-corrected chi connectivity index (χ2v) is 4.75. The molecule has 0 heterocycles. The van der Waals surface area contributed by atoms with Crippen LogP contribution in [0.4, 0.5) is 0 Å². The molecular weight excluding hydrogens is 272 g/mol. The van der Waals surface area contributed by atoms with Gasteiger partial charge in [0, 0.05) is 13.7 Å². The molecule has 0 aliphatic rings. The lowest BCUT2D eigenvalue weighted by Gasteiger charge is -2.15. The van der Waals surface area contributed by atoms with Crippen molar-refractivity contribution in [1.29, 1.82) is 0 Å². The second-order valence-electron chi connectivity index (χ2n) is 4.75. The maximum absolute atomic E-state index is 11.4. The summed E-state index contributed by atoms with van der Waals surface area (Å²) >= 11 is 0. The summed E-state index contributed by atoms with van der Waals surface area (Å²) in [5.74, 6) is -1.34. The summed E-state index contributed by atoms with van der Waals surface area (Å²) in [4.78, 5) is 11.4. The number of aryl methyl sites for hydroxylation is 1. The molecule has 0 aliphatic heterocycles. The minimum Gasteiger partial charge on any atom is -0.481 e. The highest BCUT2D eigenvalue weighted by Gasteiger charge is 2.20. The van der Waals surface area contributed by atoms with Crippen LogP contribution in [0, 0.1) is 6.92 Å². The third kappa shape index (κ3) is 6.71. The molecule has 0 bridgehead atoms. The number of aliphatic carboxylic acids is 1. The molecule has 0 radical (unpaired) electrons. The van der Waals surface area contributed by atoms with Crippen molar-refractivity contribution in [1.82, 2.24) is 0 Å². The standard InChI is InChI=1S/C16H24O5/c1-13-5-3-4-6-14(13)15(16(17)18)7-8-20-11-12-21-10-9-19-2/h3-6,15H,7-12H2,1-2H3,(H,17,18). The van der Waals surface area contributed by atoms with Crippen LogP contribution in [-0.4, -0.2) is 51.2 Å². The molecule has 1 atom stereocenters. The van der Waals surface area contributed by atoms with Crippen molar-refractivity contribution >= 4 is 5.97 Å². The Balaban J connectivity index is 2.30. The Bertz CT molecular complexity index is 419. The van der Waals surface area contributed by atoms with Gasteiger partial charge in [0.2, 0.25) is 0 Å². The van der Waals surface area contributed by atoms with E-state index in [0.717, 1.165) is 11.1 Å². The van der Waals surface area contributed by atoms with E-state index in [1.807, 2.05) is 31.2 Å². The van der Waals surface area contributed by atoms with Crippen molar-refractivity contribution in [2.45, 2.75) is 19.3 Å². The third-order valence-electron chi connectivity index (χ3n) is 3.22. The summed E-state index contributed by atoms with van der Waals surface area (Å²) in [6.07, 6.45) is 0.457. The first-order chi connectivity index (χ1) is 10.2. The maximum Gasteiger partial charge on any atom is 0.311 e. The van der Waals surface area contributed by atoms with E-state index in [1.54, 1.807) is 7.11 Å². The topological polar surface area (TPSA) is 65.0 Å². The van der Waals surface area contributed by atoms with Gasteiger partial charge in [-0.15, -0.1) is 0 Å². The zero-order valence-electron chi connectivity index (χ0n) is 12.7. The molecular formula is C16H24O5. The zero-order valence-corrected chi connectivity index (χ0v) is 12.7. The number of hydrogen-bond acceptors (Lipinski definition) is 4. The Morgan fingerprint density at radius 3 is 2.33 bits per heavy atom. The number of carboxylic acids is 1. The molecule has 5 heteroatoms. The first-order valence-corrected chi connectivity index (χ1v) is 7.09. The van der Waals surface area contributed by atoms with Crippen LogP contribution in [0.1, 0.15) is 23.5 Å². The summed E-state index contributed by atoms with van der Waals surface area (Å²) in [6.45, 7) is 4.39. The normalized spacial score (nSPS) is 12.3. The van der Waals surface area contributed by atoms with Crippen molar-refractivity contribution in [2.75, 3.05) is 40.1 Å². The summed E-state index contributed by atoms with van der Waals surface area (Å²) < 4.78 is 15.5. The fourth-order valence-electron chi connectivity index (χ4n) is 2.06. The van der Waals surface area contributed by atoms with E-state index in [0.29, 0.717) is 39.5 Å². The van der Waals surface area contributed by atoms with Crippen LogP contribution >= 0.6 is 0 Å². The van der Waals surface area contributed by atoms with Gasteiger partial charge in [-0.3, -0.25) is 4.79 Å². The molecule has 0 saturated heterocycles. The van der Waals surface area contributed by atoms with Crippen LogP contribution in [0.2, 0.25) is 0 Å². The molecule has 0 aromatic heterocycles. The molecule has 0 amide bonds. The number of benzene rings is 1. The zero-order chi connectivity index (χ0) is 15.5. The van der Waals surface area contributed by atoms with E-state index >= 15 is 0 Å². The van der Waals surface area contributed by atoms with Crippen molar-refractivity contribution in [3.8, 4) is 0 Å². The third-order valence-corrected chi connectivity index (χ3v) is 3.22. The molecule has 5 nitrogen and oxygen atoms in total. The summed E-state index contributed by atoms with van der Waals surface area (Å²) in [5, 5.41) is 9.36. The average molecular weight is 296 g/mol. The average Bonchev–Trinajstić information content (AvgIpc) is 2.46. The molecule has 0 fully saturated rings. The highest BCUT2D eigenvalue weighted by atomic mass is 16.5. The first-order valence-electron chi connectivity index (χ1n) is 7.09. The number of hydrogen-bond donors (Lipinski definition) is 1. The van der Waals surface area contributed by atoms with E-state index in [-0.39, 0.29) is 0 Å². The minimum atomic E-state index is -0.816. The van der Waals surface area contributed by atoms with Crippen LogP contribution in [0.25, 0.3) is 0 Å². The minimum absolute atomic E-state index is 0.402. The molecule has 0 saturated carbocycles. The van der Waals surface area contributed by atoms with Gasteiger partial charge in [0.1, 0.15) is 0 Å². The highest BCUT2D eigenvalue weighted by molar-refractivity contribution is 5.76. The maximum atomic E-state index is 11.4. The van der Waals surface area contributed by atoms with Gasteiger partial charge in [0.15, 0.2) is 0 Å². The first kappa shape index (κ1) is 17.6. The van der Waals surface area contributed by atoms with E-state index in [9.17, 15) is 9.90 Å². The van der Waals surface area contributed by atoms with Gasteiger partial charge in [-0.25, -0.2) is 0 Å². The van der Waals surface area contributed by atoms with Gasteiger partial charge in [0.05, 0.1) is 32.3 Å². The summed E-state index contributed by atoms with van der Waals surface area (Å²) in [6, 6.07) is 7.56. The Labute approximate surface area is 125 Å². The van der Waals surface area contributed by atoms with Gasteiger partial charge < -0.3 is 19.3 Å². The molecule has 0 spiro atoms. The van der Waals surface area contributed by atoms with E-state index < -0.39 is 11.9 Å². The SMILES string of the molecule is COCCOCCOCCC(C(=O)O)c1ccccc1C. The van der Waals surface area contributed by atoms with Gasteiger partial charge in [-0.2, -0.15) is 0 Å². The lowest BCUT2D eigenvalue weighted by Crippen LogP contribution is -2.16. The highest BCUT2D eigenvalue weighted by Crippen LogP contribution is 2.23. The van der Waals surface area contributed by atoms with Gasteiger partial charge >= 0.3 is 5.97 Å². The van der Waals surface area contributed by atoms with Crippen molar-refractivity contribution in [2.24, 2.45) is 0 Å². The molecule has 118 valence electrons. The quantitative estimate of drug-likeness (QED) is 0.634. The van der Waals surface area contributed by atoms with Crippen LogP contribution in [0.3, 0.4) is 0 Å². The Morgan fingerprint density at radius 2 is 1.71 bits per heavy atom. The molecule has 1 aromatic rings. The summed E-state index contributed by atoms with van der Waals surface area (Å²) in [5.41, 5.74) is 1.85. The molecule has 1 N–H and O–H groups in total. The van der Waals surface area contributed by atoms with Crippen LogP contribution in [0.15, 0.2) is 24.3 Å². The fraction of sp³-hybridized carbons (Fsp3) is 0.562. The molecule has 1 unspecified atom stereocenters. The Kier molecular flexibility index (Phi) is 8.66. The smallest absolute Gasteiger partial charge is 0.311 e. The fourth-order valence-corrected chi connectivity index (χ4v) is 2.06. The molecule has 0 aliphatic carbocycles. The van der Waals surface area contributed by atoms with E-state index in [4.69, 9.17) is 14.2 Å². The number of rotatable bonds is 11. The van der Waals surface area contributed by atoms with E-state index in [1.165, 1.54) is 0 Å². The Hall–Kier alpha value is -1.43. The van der Waals surface area contributed by atoms with Crippen molar-refractivity contribution in [3.63, 3.8) is 0 Å². The predicted molar refractivity (Wildman–Crippen MR) is 79.7 cm³/mol. The lowest BCUT2D eigenvalue weighted by molar-refractivity contribution is -0.139. The van der Waals surface area contributed by atoms with Crippen molar-refractivity contribution in [3.05, 3.63) is 35.4 Å². The Morgan fingerprint density at radius 1 is 1.10 bits per heavy atom. The predicted octanol–water partition coefficient (Wildman–Crippen LogP) is 2.23. The largest absolute Gasteiger partial charge is 0.481 e. The lowest BCUT2D eigenvalue weighted by atomic mass is 9.92. The van der Waals surface area contributed by atoms with Crippen LogP contribution < -0.4 is 0 Å². The molecule has 1 aromatic carbocycles.